The van der Waals surface area contributed by atoms with E-state index in [-0.39, 0.29) is 11.9 Å². The molecule has 2 unspecified atom stereocenters. The lowest BCUT2D eigenvalue weighted by Gasteiger charge is -2.39. The molecule has 2 N–H and O–H groups in total. The summed E-state index contributed by atoms with van der Waals surface area (Å²) in [6, 6.07) is 0.749. The van der Waals surface area contributed by atoms with Crippen LogP contribution in [0.15, 0.2) is 0 Å². The van der Waals surface area contributed by atoms with Crippen LogP contribution in [0.2, 0.25) is 0 Å². The Labute approximate surface area is 119 Å². The van der Waals surface area contributed by atoms with E-state index in [4.69, 9.17) is 0 Å². The number of nitrogens with zero attached hydrogens (tertiary/aromatic N) is 2. The van der Waals surface area contributed by atoms with Gasteiger partial charge in [-0.25, -0.2) is 4.79 Å². The summed E-state index contributed by atoms with van der Waals surface area (Å²) < 4.78 is 0. The molecule has 0 aliphatic carbocycles. The highest BCUT2D eigenvalue weighted by Gasteiger charge is 2.34. The summed E-state index contributed by atoms with van der Waals surface area (Å²) in [5.74, 6) is -0.0510. The fourth-order valence-corrected chi connectivity index (χ4v) is 3.68. The lowest BCUT2D eigenvalue weighted by atomic mass is 9.94. The first-order chi connectivity index (χ1) is 9.75. The van der Waals surface area contributed by atoms with Crippen molar-refractivity contribution in [3.8, 4) is 0 Å². The first kappa shape index (κ1) is 13.8. The smallest absolute Gasteiger partial charge is 0.324 e. The molecule has 3 aliphatic heterocycles. The minimum atomic E-state index is -0.234. The Morgan fingerprint density at radius 1 is 1.15 bits per heavy atom. The fourth-order valence-electron chi connectivity index (χ4n) is 3.68. The van der Waals surface area contributed by atoms with Crippen molar-refractivity contribution >= 4 is 11.9 Å². The van der Waals surface area contributed by atoms with Gasteiger partial charge >= 0.3 is 6.03 Å². The molecule has 3 amide bonds. The van der Waals surface area contributed by atoms with Gasteiger partial charge < -0.3 is 10.6 Å². The maximum absolute atomic E-state index is 12.3. The topological polar surface area (TPSA) is 64.7 Å². The highest BCUT2D eigenvalue weighted by atomic mass is 16.2. The molecule has 6 heteroatoms. The molecule has 3 heterocycles. The van der Waals surface area contributed by atoms with Gasteiger partial charge in [-0.05, 0) is 38.8 Å². The lowest BCUT2D eigenvalue weighted by Crippen LogP contribution is -2.53. The van der Waals surface area contributed by atoms with E-state index in [1.165, 1.54) is 24.2 Å². The normalized spacial score (nSPS) is 31.6. The van der Waals surface area contributed by atoms with Crippen molar-refractivity contribution in [2.45, 2.75) is 44.2 Å². The van der Waals surface area contributed by atoms with Gasteiger partial charge in [-0.3, -0.25) is 14.6 Å². The summed E-state index contributed by atoms with van der Waals surface area (Å²) in [6.45, 7) is 3.55. The van der Waals surface area contributed by atoms with Crippen LogP contribution in [0.25, 0.3) is 0 Å². The molecule has 2 atom stereocenters. The average Bonchev–Trinajstić information content (AvgIpc) is 3.10. The third kappa shape index (κ3) is 2.81. The average molecular weight is 280 g/mol. The Morgan fingerprint density at radius 2 is 2.05 bits per heavy atom. The van der Waals surface area contributed by atoms with E-state index >= 15 is 0 Å². The van der Waals surface area contributed by atoms with Crippen molar-refractivity contribution in [2.75, 3.05) is 32.7 Å². The second-order valence-corrected chi connectivity index (χ2v) is 6.01. The maximum Gasteiger partial charge on any atom is 0.324 e. The van der Waals surface area contributed by atoms with Crippen LogP contribution in [-0.4, -0.2) is 66.5 Å². The van der Waals surface area contributed by atoms with Gasteiger partial charge in [-0.15, -0.1) is 0 Å². The summed E-state index contributed by atoms with van der Waals surface area (Å²) in [5, 5.41) is 6.25. The monoisotopic (exact) mass is 280 g/mol. The zero-order chi connectivity index (χ0) is 13.9. The molecule has 0 aromatic rings. The van der Waals surface area contributed by atoms with E-state index in [2.05, 4.69) is 15.5 Å². The maximum atomic E-state index is 12.3. The van der Waals surface area contributed by atoms with Crippen molar-refractivity contribution in [2.24, 2.45) is 0 Å². The third-order valence-corrected chi connectivity index (χ3v) is 4.72. The molecule has 112 valence electrons. The van der Waals surface area contributed by atoms with Gasteiger partial charge in [-0.2, -0.15) is 0 Å². The standard InChI is InChI=1S/C14H24N4O2/c19-13(18-9-7-16-14(18)20)10-17-8-2-1-5-12(17)11-4-3-6-15-11/h11-12,15H,1-10H2,(H,16,20). The molecule has 0 saturated carbocycles. The Bertz CT molecular complexity index is 381. The number of amides is 3. The van der Waals surface area contributed by atoms with Crippen LogP contribution in [0, 0.1) is 0 Å². The van der Waals surface area contributed by atoms with Crippen LogP contribution in [0.1, 0.15) is 32.1 Å². The highest BCUT2D eigenvalue weighted by molar-refractivity contribution is 5.96. The van der Waals surface area contributed by atoms with Crippen LogP contribution >= 0.6 is 0 Å². The van der Waals surface area contributed by atoms with E-state index in [1.807, 2.05) is 0 Å². The molecular weight excluding hydrogens is 256 g/mol. The van der Waals surface area contributed by atoms with Gasteiger partial charge in [-0.1, -0.05) is 6.42 Å². The fraction of sp³-hybridized carbons (Fsp3) is 0.857. The summed E-state index contributed by atoms with van der Waals surface area (Å²) in [5.41, 5.74) is 0. The van der Waals surface area contributed by atoms with Gasteiger partial charge in [0.25, 0.3) is 0 Å². The second kappa shape index (κ2) is 6.10. The van der Waals surface area contributed by atoms with Crippen LogP contribution in [-0.2, 0) is 4.79 Å². The van der Waals surface area contributed by atoms with Crippen LogP contribution in [0.4, 0.5) is 4.79 Å². The first-order valence-electron chi connectivity index (χ1n) is 7.81. The van der Waals surface area contributed by atoms with Crippen molar-refractivity contribution < 1.29 is 9.59 Å². The summed E-state index contributed by atoms with van der Waals surface area (Å²) >= 11 is 0. The third-order valence-electron chi connectivity index (χ3n) is 4.72. The molecule has 6 nitrogen and oxygen atoms in total. The van der Waals surface area contributed by atoms with Crippen molar-refractivity contribution in [1.29, 1.82) is 0 Å². The number of hydrogen-bond donors (Lipinski definition) is 2. The minimum Gasteiger partial charge on any atom is -0.336 e. The Morgan fingerprint density at radius 3 is 2.75 bits per heavy atom. The number of carbonyl (C=O) groups is 2. The molecule has 3 saturated heterocycles. The zero-order valence-electron chi connectivity index (χ0n) is 11.9. The first-order valence-corrected chi connectivity index (χ1v) is 7.81. The van der Waals surface area contributed by atoms with Gasteiger partial charge in [0.2, 0.25) is 5.91 Å². The molecule has 3 fully saturated rings. The number of likely N-dealkylation sites (tertiary alicyclic amines) is 1. The molecule has 0 bridgehead atoms. The van der Waals surface area contributed by atoms with Gasteiger partial charge in [0.05, 0.1) is 6.54 Å². The number of rotatable bonds is 3. The quantitative estimate of drug-likeness (QED) is 0.772. The molecule has 3 rings (SSSR count). The molecule has 0 spiro atoms. The van der Waals surface area contributed by atoms with Crippen LogP contribution in [0.5, 0.6) is 0 Å². The zero-order valence-corrected chi connectivity index (χ0v) is 11.9. The number of nitrogens with one attached hydrogen (secondary N) is 2. The molecular formula is C14H24N4O2. The molecule has 0 radical (unpaired) electrons. The lowest BCUT2D eigenvalue weighted by molar-refractivity contribution is -0.129. The van der Waals surface area contributed by atoms with Crippen molar-refractivity contribution in [3.05, 3.63) is 0 Å². The molecule has 3 aliphatic rings. The van der Waals surface area contributed by atoms with Gasteiger partial charge in [0, 0.05) is 25.2 Å². The van der Waals surface area contributed by atoms with E-state index in [0.717, 1.165) is 25.9 Å². The Kier molecular flexibility index (Phi) is 4.21. The molecule has 0 aromatic carbocycles. The number of imide groups is 1. The summed E-state index contributed by atoms with van der Waals surface area (Å²) in [6.07, 6.45) is 6.01. The molecule has 20 heavy (non-hydrogen) atoms. The number of piperidine rings is 1. The summed E-state index contributed by atoms with van der Waals surface area (Å²) in [7, 11) is 0. The van der Waals surface area contributed by atoms with Crippen LogP contribution < -0.4 is 10.6 Å². The van der Waals surface area contributed by atoms with Crippen molar-refractivity contribution in [3.63, 3.8) is 0 Å². The second-order valence-electron chi connectivity index (χ2n) is 6.01. The highest BCUT2D eigenvalue weighted by Crippen LogP contribution is 2.24. The molecule has 0 aromatic heterocycles. The summed E-state index contributed by atoms with van der Waals surface area (Å²) in [4.78, 5) is 27.5. The van der Waals surface area contributed by atoms with Gasteiger partial charge in [0.1, 0.15) is 0 Å². The van der Waals surface area contributed by atoms with E-state index < -0.39 is 0 Å². The van der Waals surface area contributed by atoms with Crippen LogP contribution in [0.3, 0.4) is 0 Å². The van der Waals surface area contributed by atoms with Crippen molar-refractivity contribution in [1.82, 2.24) is 20.4 Å². The largest absolute Gasteiger partial charge is 0.336 e. The number of carbonyl (C=O) groups excluding carboxylic acids is 2. The predicted octanol–water partition coefficient (Wildman–Crippen LogP) is 0.145. The number of urea groups is 1. The Balaban J connectivity index is 1.61. The van der Waals surface area contributed by atoms with Gasteiger partial charge in [0.15, 0.2) is 0 Å². The van der Waals surface area contributed by atoms with E-state index in [0.29, 0.717) is 31.7 Å². The SMILES string of the molecule is O=C(CN1CCCCC1C1CCCN1)N1CCNC1=O. The Hall–Kier alpha value is -1.14. The predicted molar refractivity (Wildman–Crippen MR) is 75.3 cm³/mol. The minimum absolute atomic E-state index is 0.0510. The van der Waals surface area contributed by atoms with E-state index in [9.17, 15) is 9.59 Å². The van der Waals surface area contributed by atoms with E-state index in [1.54, 1.807) is 0 Å². The number of hydrogen-bond acceptors (Lipinski definition) is 4.